The number of aromatic nitrogens is 2. The van der Waals surface area contributed by atoms with E-state index < -0.39 is 0 Å². The predicted molar refractivity (Wildman–Crippen MR) is 68.9 cm³/mol. The van der Waals surface area contributed by atoms with Gasteiger partial charge in [0.05, 0.1) is 17.9 Å². The fourth-order valence-corrected chi connectivity index (χ4v) is 1.90. The highest BCUT2D eigenvalue weighted by Gasteiger charge is 2.11. The van der Waals surface area contributed by atoms with Gasteiger partial charge in [0.1, 0.15) is 11.6 Å². The second-order valence-corrected chi connectivity index (χ2v) is 4.74. The zero-order chi connectivity index (χ0) is 12.4. The molecule has 2 aromatic rings. The van der Waals surface area contributed by atoms with Gasteiger partial charge in [-0.1, -0.05) is 22.9 Å². The SMILES string of the molecule is CCC(N)c1ncc(-c2ccc(Br)cc2F)[nH]1. The molecule has 0 saturated heterocycles. The lowest BCUT2D eigenvalue weighted by molar-refractivity contribution is 0.629. The lowest BCUT2D eigenvalue weighted by Gasteiger charge is -2.04. The van der Waals surface area contributed by atoms with Crippen molar-refractivity contribution >= 4 is 15.9 Å². The summed E-state index contributed by atoms with van der Waals surface area (Å²) in [5, 5.41) is 0. The Balaban J connectivity index is 2.37. The fraction of sp³-hybridized carbons (Fsp3) is 0.250. The van der Waals surface area contributed by atoms with Crippen LogP contribution >= 0.6 is 15.9 Å². The number of imidazole rings is 1. The van der Waals surface area contributed by atoms with Gasteiger partial charge in [-0.25, -0.2) is 9.37 Å². The Labute approximate surface area is 107 Å². The van der Waals surface area contributed by atoms with E-state index in [1.165, 1.54) is 6.07 Å². The molecule has 2 rings (SSSR count). The van der Waals surface area contributed by atoms with Gasteiger partial charge in [0.25, 0.3) is 0 Å². The Morgan fingerprint density at radius 3 is 2.94 bits per heavy atom. The predicted octanol–water partition coefficient (Wildman–Crippen LogP) is 3.39. The van der Waals surface area contributed by atoms with Crippen molar-refractivity contribution in [1.82, 2.24) is 9.97 Å². The Hall–Kier alpha value is -1.20. The van der Waals surface area contributed by atoms with Crippen LogP contribution in [0.5, 0.6) is 0 Å². The molecule has 0 radical (unpaired) electrons. The Morgan fingerprint density at radius 2 is 2.29 bits per heavy atom. The molecule has 3 N–H and O–H groups in total. The van der Waals surface area contributed by atoms with Gasteiger partial charge in [0.2, 0.25) is 0 Å². The number of nitrogens with one attached hydrogen (secondary N) is 1. The first-order chi connectivity index (χ1) is 8.11. The van der Waals surface area contributed by atoms with Crippen LogP contribution in [0.4, 0.5) is 4.39 Å². The third-order valence-electron chi connectivity index (χ3n) is 2.61. The average Bonchev–Trinajstić information content (AvgIpc) is 2.77. The van der Waals surface area contributed by atoms with Gasteiger partial charge < -0.3 is 10.7 Å². The Kier molecular flexibility index (Phi) is 3.59. The number of H-pyrrole nitrogens is 1. The van der Waals surface area contributed by atoms with Crippen molar-refractivity contribution in [3.63, 3.8) is 0 Å². The van der Waals surface area contributed by atoms with Crippen LogP contribution in [-0.2, 0) is 0 Å². The Bertz CT molecular complexity index is 524. The summed E-state index contributed by atoms with van der Waals surface area (Å²) < 4.78 is 14.4. The minimum absolute atomic E-state index is 0.137. The van der Waals surface area contributed by atoms with Crippen LogP contribution in [0.3, 0.4) is 0 Å². The molecule has 0 spiro atoms. The van der Waals surface area contributed by atoms with E-state index in [0.717, 1.165) is 6.42 Å². The average molecular weight is 298 g/mol. The largest absolute Gasteiger partial charge is 0.341 e. The van der Waals surface area contributed by atoms with E-state index in [0.29, 0.717) is 21.6 Å². The molecule has 90 valence electrons. The number of hydrogen-bond acceptors (Lipinski definition) is 2. The van der Waals surface area contributed by atoms with Crippen molar-refractivity contribution in [2.75, 3.05) is 0 Å². The minimum Gasteiger partial charge on any atom is -0.341 e. The summed E-state index contributed by atoms with van der Waals surface area (Å²) in [7, 11) is 0. The van der Waals surface area contributed by atoms with Crippen molar-refractivity contribution in [3.05, 3.63) is 40.5 Å². The summed E-state index contributed by atoms with van der Waals surface area (Å²) in [6, 6.07) is 4.78. The van der Waals surface area contributed by atoms with Gasteiger partial charge in [-0.2, -0.15) is 0 Å². The highest BCUT2D eigenvalue weighted by atomic mass is 79.9. The van der Waals surface area contributed by atoms with E-state index in [1.807, 2.05) is 6.92 Å². The maximum atomic E-state index is 13.7. The number of halogens is 2. The quantitative estimate of drug-likeness (QED) is 0.912. The number of rotatable bonds is 3. The van der Waals surface area contributed by atoms with Crippen LogP contribution in [0.2, 0.25) is 0 Å². The first kappa shape index (κ1) is 12.3. The number of nitrogens with zero attached hydrogens (tertiary/aromatic N) is 1. The van der Waals surface area contributed by atoms with Crippen molar-refractivity contribution in [2.45, 2.75) is 19.4 Å². The van der Waals surface area contributed by atoms with Gasteiger partial charge in [-0.15, -0.1) is 0 Å². The van der Waals surface area contributed by atoms with E-state index in [4.69, 9.17) is 5.73 Å². The molecule has 0 fully saturated rings. The maximum absolute atomic E-state index is 13.7. The molecule has 0 bridgehead atoms. The molecular weight excluding hydrogens is 285 g/mol. The standard InChI is InChI=1S/C12H13BrFN3/c1-2-10(15)12-16-6-11(17-12)8-4-3-7(13)5-9(8)14/h3-6,10H,2,15H2,1H3,(H,16,17). The first-order valence-electron chi connectivity index (χ1n) is 5.37. The number of nitrogens with two attached hydrogens (primary N) is 1. The van der Waals surface area contributed by atoms with Crippen LogP contribution in [0.15, 0.2) is 28.9 Å². The van der Waals surface area contributed by atoms with E-state index >= 15 is 0 Å². The van der Waals surface area contributed by atoms with Crippen LogP contribution < -0.4 is 5.73 Å². The molecule has 0 aliphatic rings. The molecule has 17 heavy (non-hydrogen) atoms. The van der Waals surface area contributed by atoms with Crippen LogP contribution in [0.25, 0.3) is 11.3 Å². The molecule has 1 heterocycles. The Morgan fingerprint density at radius 1 is 1.53 bits per heavy atom. The van der Waals surface area contributed by atoms with Crippen LogP contribution in [-0.4, -0.2) is 9.97 Å². The smallest absolute Gasteiger partial charge is 0.133 e. The van der Waals surface area contributed by atoms with E-state index in [-0.39, 0.29) is 11.9 Å². The van der Waals surface area contributed by atoms with E-state index in [9.17, 15) is 4.39 Å². The third kappa shape index (κ3) is 2.56. The van der Waals surface area contributed by atoms with Gasteiger partial charge >= 0.3 is 0 Å². The molecule has 0 amide bonds. The van der Waals surface area contributed by atoms with Gasteiger partial charge in [-0.3, -0.25) is 0 Å². The second-order valence-electron chi connectivity index (χ2n) is 3.82. The van der Waals surface area contributed by atoms with Crippen LogP contribution in [0.1, 0.15) is 25.2 Å². The summed E-state index contributed by atoms with van der Waals surface area (Å²) in [6.07, 6.45) is 2.40. The summed E-state index contributed by atoms with van der Waals surface area (Å²) in [4.78, 5) is 7.22. The van der Waals surface area contributed by atoms with Crippen molar-refractivity contribution in [3.8, 4) is 11.3 Å². The summed E-state index contributed by atoms with van der Waals surface area (Å²) in [6.45, 7) is 1.98. The molecule has 1 aromatic carbocycles. The molecule has 0 aliphatic carbocycles. The molecular formula is C12H13BrFN3. The number of aromatic amines is 1. The van der Waals surface area contributed by atoms with E-state index in [1.54, 1.807) is 18.3 Å². The molecule has 1 aromatic heterocycles. The monoisotopic (exact) mass is 297 g/mol. The topological polar surface area (TPSA) is 54.7 Å². The second kappa shape index (κ2) is 4.98. The van der Waals surface area contributed by atoms with Gasteiger partial charge in [0.15, 0.2) is 0 Å². The van der Waals surface area contributed by atoms with Crippen molar-refractivity contribution in [2.24, 2.45) is 5.73 Å². The van der Waals surface area contributed by atoms with Gasteiger partial charge in [0, 0.05) is 10.0 Å². The molecule has 1 atom stereocenters. The summed E-state index contributed by atoms with van der Waals surface area (Å²) >= 11 is 3.22. The molecule has 0 saturated carbocycles. The maximum Gasteiger partial charge on any atom is 0.133 e. The zero-order valence-electron chi connectivity index (χ0n) is 9.37. The third-order valence-corrected chi connectivity index (χ3v) is 3.10. The summed E-state index contributed by atoms with van der Waals surface area (Å²) in [5.74, 6) is 0.393. The van der Waals surface area contributed by atoms with Gasteiger partial charge in [-0.05, 0) is 24.6 Å². The van der Waals surface area contributed by atoms with Crippen molar-refractivity contribution in [1.29, 1.82) is 0 Å². The highest BCUT2D eigenvalue weighted by molar-refractivity contribution is 9.10. The first-order valence-corrected chi connectivity index (χ1v) is 6.17. The highest BCUT2D eigenvalue weighted by Crippen LogP contribution is 2.25. The normalized spacial score (nSPS) is 12.7. The molecule has 5 heteroatoms. The van der Waals surface area contributed by atoms with Crippen molar-refractivity contribution < 1.29 is 4.39 Å². The number of hydrogen-bond donors (Lipinski definition) is 2. The number of benzene rings is 1. The molecule has 3 nitrogen and oxygen atoms in total. The lowest BCUT2D eigenvalue weighted by Crippen LogP contribution is -2.10. The minimum atomic E-state index is -0.292. The fourth-order valence-electron chi connectivity index (χ4n) is 1.56. The van der Waals surface area contributed by atoms with Crippen LogP contribution in [0, 0.1) is 5.82 Å². The van der Waals surface area contributed by atoms with E-state index in [2.05, 4.69) is 25.9 Å². The summed E-state index contributed by atoms with van der Waals surface area (Å²) in [5.41, 5.74) is 7.00. The molecule has 0 aliphatic heterocycles. The lowest BCUT2D eigenvalue weighted by atomic mass is 10.1. The zero-order valence-corrected chi connectivity index (χ0v) is 11.0. The molecule has 1 unspecified atom stereocenters.